The van der Waals surface area contributed by atoms with Crippen molar-refractivity contribution in [1.29, 1.82) is 0 Å². The van der Waals surface area contributed by atoms with E-state index in [9.17, 15) is 8.42 Å². The molecule has 1 aliphatic heterocycles. The molecule has 0 atom stereocenters. The fraction of sp³-hybridized carbons (Fsp3) is 0.389. The first-order chi connectivity index (χ1) is 13.4. The lowest BCUT2D eigenvalue weighted by atomic mass is 10.1. The predicted molar refractivity (Wildman–Crippen MR) is 106 cm³/mol. The molecular formula is C18H23N7O2S. The number of hydrogen-bond donors (Lipinski definition) is 2. The van der Waals surface area contributed by atoms with Gasteiger partial charge in [-0.15, -0.1) is 0 Å². The Bertz CT molecular complexity index is 1070. The molecule has 0 saturated carbocycles. The third-order valence-electron chi connectivity index (χ3n) is 5.14. The summed E-state index contributed by atoms with van der Waals surface area (Å²) in [6, 6.07) is 6.81. The Morgan fingerprint density at radius 1 is 1.18 bits per heavy atom. The van der Waals surface area contributed by atoms with Crippen molar-refractivity contribution < 1.29 is 8.42 Å². The van der Waals surface area contributed by atoms with Crippen LogP contribution < -0.4 is 10.5 Å². The summed E-state index contributed by atoms with van der Waals surface area (Å²) in [6.07, 6.45) is 5.45. The average molecular weight is 401 g/mol. The van der Waals surface area contributed by atoms with Crippen molar-refractivity contribution in [2.45, 2.75) is 30.3 Å². The minimum Gasteiger partial charge on any atom is -0.365 e. The fourth-order valence-electron chi connectivity index (χ4n) is 3.49. The highest BCUT2D eigenvalue weighted by molar-refractivity contribution is 7.89. The topological polar surface area (TPSA) is 119 Å². The second-order valence-corrected chi connectivity index (χ2v) is 8.69. The molecule has 0 bridgehead atoms. The number of sulfonamides is 1. The van der Waals surface area contributed by atoms with Crippen LogP contribution in [0.2, 0.25) is 0 Å². The van der Waals surface area contributed by atoms with Crippen LogP contribution in [0.5, 0.6) is 0 Å². The molecule has 2 aromatic heterocycles. The SMILES string of the molecule is CN1CCC(n2ncc3c(NCc4ccc(S(N)(=O)=O)cc4)ncnc32)CC1. The normalized spacial score (nSPS) is 16.5. The molecule has 4 rings (SSSR count). The van der Waals surface area contributed by atoms with Crippen LogP contribution in [-0.2, 0) is 16.6 Å². The van der Waals surface area contributed by atoms with Crippen molar-refractivity contribution in [3.63, 3.8) is 0 Å². The summed E-state index contributed by atoms with van der Waals surface area (Å²) >= 11 is 0. The minimum atomic E-state index is -3.68. The van der Waals surface area contributed by atoms with E-state index in [1.54, 1.807) is 24.7 Å². The van der Waals surface area contributed by atoms with Crippen LogP contribution in [0, 0.1) is 0 Å². The van der Waals surface area contributed by atoms with E-state index in [0.717, 1.165) is 42.5 Å². The molecule has 1 fully saturated rings. The van der Waals surface area contributed by atoms with Gasteiger partial charge in [-0.05, 0) is 50.7 Å². The quantitative estimate of drug-likeness (QED) is 0.662. The number of benzene rings is 1. The molecule has 1 aromatic carbocycles. The Balaban J connectivity index is 1.52. The molecule has 3 aromatic rings. The fourth-order valence-corrected chi connectivity index (χ4v) is 4.01. The second kappa shape index (κ2) is 7.46. The maximum Gasteiger partial charge on any atom is 0.238 e. The van der Waals surface area contributed by atoms with Gasteiger partial charge in [-0.3, -0.25) is 0 Å². The number of aromatic nitrogens is 4. The van der Waals surface area contributed by atoms with E-state index in [2.05, 4.69) is 32.3 Å². The van der Waals surface area contributed by atoms with Crippen molar-refractivity contribution in [2.24, 2.45) is 5.14 Å². The van der Waals surface area contributed by atoms with Crippen molar-refractivity contribution in [3.05, 3.63) is 42.4 Å². The molecule has 0 unspecified atom stereocenters. The number of nitrogens with zero attached hydrogens (tertiary/aromatic N) is 5. The van der Waals surface area contributed by atoms with Gasteiger partial charge in [-0.25, -0.2) is 28.2 Å². The summed E-state index contributed by atoms with van der Waals surface area (Å²) in [6.45, 7) is 2.60. The van der Waals surface area contributed by atoms with Crippen LogP contribution in [0.3, 0.4) is 0 Å². The molecular weight excluding hydrogens is 378 g/mol. The molecule has 0 aliphatic carbocycles. The van der Waals surface area contributed by atoms with Crippen molar-refractivity contribution in [2.75, 3.05) is 25.5 Å². The predicted octanol–water partition coefficient (Wildman–Crippen LogP) is 1.35. The van der Waals surface area contributed by atoms with Gasteiger partial charge in [0.2, 0.25) is 10.0 Å². The number of primary sulfonamides is 1. The van der Waals surface area contributed by atoms with Crippen LogP contribution in [0.4, 0.5) is 5.82 Å². The number of fused-ring (bicyclic) bond motifs is 1. The van der Waals surface area contributed by atoms with Crippen LogP contribution in [0.25, 0.3) is 11.0 Å². The van der Waals surface area contributed by atoms with Crippen molar-refractivity contribution >= 4 is 26.9 Å². The molecule has 1 saturated heterocycles. The molecule has 1 aliphatic rings. The van der Waals surface area contributed by atoms with Gasteiger partial charge >= 0.3 is 0 Å². The molecule has 0 spiro atoms. The highest BCUT2D eigenvalue weighted by Crippen LogP contribution is 2.27. The first-order valence-electron chi connectivity index (χ1n) is 9.14. The molecule has 3 N–H and O–H groups in total. The largest absolute Gasteiger partial charge is 0.365 e. The molecule has 0 amide bonds. The number of likely N-dealkylation sites (tertiary alicyclic amines) is 1. The smallest absolute Gasteiger partial charge is 0.238 e. The molecule has 9 nitrogen and oxygen atoms in total. The lowest BCUT2D eigenvalue weighted by molar-refractivity contribution is 0.215. The third-order valence-corrected chi connectivity index (χ3v) is 6.07. The summed E-state index contributed by atoms with van der Waals surface area (Å²) in [5.74, 6) is 0.708. The molecule has 0 radical (unpaired) electrons. The zero-order valence-electron chi connectivity index (χ0n) is 15.6. The summed E-state index contributed by atoms with van der Waals surface area (Å²) in [4.78, 5) is 11.2. The highest BCUT2D eigenvalue weighted by atomic mass is 32.2. The van der Waals surface area contributed by atoms with Gasteiger partial charge in [0.15, 0.2) is 5.65 Å². The third kappa shape index (κ3) is 3.84. The maximum atomic E-state index is 11.4. The lowest BCUT2D eigenvalue weighted by Gasteiger charge is -2.29. The average Bonchev–Trinajstić information content (AvgIpc) is 3.11. The van der Waals surface area contributed by atoms with Crippen LogP contribution in [0.1, 0.15) is 24.4 Å². The summed E-state index contributed by atoms with van der Waals surface area (Å²) < 4.78 is 24.7. The Kier molecular flexibility index (Phi) is 5.00. The Labute approximate surface area is 163 Å². The van der Waals surface area contributed by atoms with Crippen LogP contribution in [-0.4, -0.2) is 53.2 Å². The first kappa shape index (κ1) is 18.8. The van der Waals surface area contributed by atoms with E-state index in [-0.39, 0.29) is 4.90 Å². The Hall–Kier alpha value is -2.56. The van der Waals surface area contributed by atoms with Gasteiger partial charge in [0.1, 0.15) is 12.1 Å². The standard InChI is InChI=1S/C18H23N7O2S/c1-24-8-6-14(7-9-24)25-18-16(11-23-25)17(21-12-22-18)20-10-13-2-4-15(5-3-13)28(19,26)27/h2-5,11-12,14H,6-10H2,1H3,(H2,19,26,27)(H,20,21,22). The monoisotopic (exact) mass is 401 g/mol. The van der Waals surface area contributed by atoms with E-state index in [4.69, 9.17) is 5.14 Å². The maximum absolute atomic E-state index is 11.4. The molecule has 148 valence electrons. The summed E-state index contributed by atoms with van der Waals surface area (Å²) in [5.41, 5.74) is 1.75. The number of piperidine rings is 1. The van der Waals surface area contributed by atoms with Gasteiger partial charge in [0.05, 0.1) is 22.5 Å². The zero-order chi connectivity index (χ0) is 19.7. The highest BCUT2D eigenvalue weighted by Gasteiger charge is 2.22. The van der Waals surface area contributed by atoms with Gasteiger partial charge in [0.25, 0.3) is 0 Å². The number of rotatable bonds is 5. The minimum absolute atomic E-state index is 0.0973. The Morgan fingerprint density at radius 3 is 2.57 bits per heavy atom. The number of hydrogen-bond acceptors (Lipinski definition) is 7. The lowest BCUT2D eigenvalue weighted by Crippen LogP contribution is -2.31. The van der Waals surface area contributed by atoms with Gasteiger partial charge in [-0.1, -0.05) is 12.1 Å². The molecule has 10 heteroatoms. The molecule has 28 heavy (non-hydrogen) atoms. The van der Waals surface area contributed by atoms with Gasteiger partial charge < -0.3 is 10.2 Å². The Morgan fingerprint density at radius 2 is 1.89 bits per heavy atom. The van der Waals surface area contributed by atoms with Gasteiger partial charge in [0, 0.05) is 6.54 Å². The van der Waals surface area contributed by atoms with E-state index in [0.29, 0.717) is 18.4 Å². The van der Waals surface area contributed by atoms with E-state index in [1.807, 2.05) is 4.68 Å². The van der Waals surface area contributed by atoms with Gasteiger partial charge in [-0.2, -0.15) is 5.10 Å². The van der Waals surface area contributed by atoms with E-state index < -0.39 is 10.0 Å². The molecule has 3 heterocycles. The van der Waals surface area contributed by atoms with E-state index in [1.165, 1.54) is 12.1 Å². The summed E-state index contributed by atoms with van der Waals surface area (Å²) in [5, 5.41) is 13.9. The number of nitrogens with one attached hydrogen (secondary N) is 1. The second-order valence-electron chi connectivity index (χ2n) is 7.13. The zero-order valence-corrected chi connectivity index (χ0v) is 16.4. The van der Waals surface area contributed by atoms with E-state index >= 15 is 0 Å². The first-order valence-corrected chi connectivity index (χ1v) is 10.7. The van der Waals surface area contributed by atoms with Crippen LogP contribution >= 0.6 is 0 Å². The van der Waals surface area contributed by atoms with Crippen LogP contribution in [0.15, 0.2) is 41.7 Å². The number of nitrogens with two attached hydrogens (primary N) is 1. The summed E-state index contributed by atoms with van der Waals surface area (Å²) in [7, 11) is -1.55. The number of anilines is 1. The van der Waals surface area contributed by atoms with Crippen molar-refractivity contribution in [3.8, 4) is 0 Å². The van der Waals surface area contributed by atoms with Crippen molar-refractivity contribution in [1.82, 2.24) is 24.6 Å².